The van der Waals surface area contributed by atoms with E-state index in [0.29, 0.717) is 16.3 Å². The summed E-state index contributed by atoms with van der Waals surface area (Å²) in [5, 5.41) is 8.78. The number of nitrogens with two attached hydrogens (primary N) is 1. The first-order chi connectivity index (χ1) is 9.88. The molecule has 0 aliphatic heterocycles. The van der Waals surface area contributed by atoms with Crippen LogP contribution >= 0.6 is 11.6 Å². The maximum atomic E-state index is 11.9. The number of nitrogens with zero attached hydrogens (tertiary/aromatic N) is 3. The summed E-state index contributed by atoms with van der Waals surface area (Å²) in [6, 6.07) is 4.59. The Labute approximate surface area is 125 Å². The number of aromatic amines is 1. The predicted molar refractivity (Wildman–Crippen MR) is 78.2 cm³/mol. The van der Waals surface area contributed by atoms with E-state index in [0.717, 1.165) is 0 Å². The van der Waals surface area contributed by atoms with Gasteiger partial charge in [0.05, 0.1) is 10.7 Å². The van der Waals surface area contributed by atoms with Gasteiger partial charge in [-0.15, -0.1) is 5.10 Å². The lowest BCUT2D eigenvalue weighted by Gasteiger charge is -2.12. The van der Waals surface area contributed by atoms with Crippen LogP contribution in [0.25, 0.3) is 0 Å². The largest absolute Gasteiger partial charge is 0.366 e. The Morgan fingerprint density at radius 2 is 2.10 bits per heavy atom. The summed E-state index contributed by atoms with van der Waals surface area (Å²) in [6.45, 7) is 0. The normalized spacial score (nSPS) is 10.2. The van der Waals surface area contributed by atoms with E-state index in [1.54, 1.807) is 20.2 Å². The summed E-state index contributed by atoms with van der Waals surface area (Å²) in [7, 11) is 3.26. The first-order valence-corrected chi connectivity index (χ1v) is 6.26. The molecule has 9 heteroatoms. The van der Waals surface area contributed by atoms with Crippen molar-refractivity contribution in [3.63, 3.8) is 0 Å². The molecule has 0 saturated heterocycles. The van der Waals surface area contributed by atoms with Crippen molar-refractivity contribution in [1.29, 1.82) is 0 Å². The lowest BCUT2D eigenvalue weighted by Crippen LogP contribution is -2.22. The van der Waals surface area contributed by atoms with Crippen LogP contribution in [0.1, 0.15) is 21.0 Å². The lowest BCUT2D eigenvalue weighted by atomic mass is 10.2. The molecule has 110 valence electrons. The van der Waals surface area contributed by atoms with Crippen LogP contribution in [0.5, 0.6) is 0 Å². The molecule has 0 spiro atoms. The number of hydrogen-bond donors (Lipinski definition) is 3. The van der Waals surface area contributed by atoms with Gasteiger partial charge < -0.3 is 16.0 Å². The Bertz CT molecular complexity index is 697. The van der Waals surface area contributed by atoms with E-state index in [1.165, 1.54) is 17.0 Å². The number of amides is 2. The first kappa shape index (κ1) is 14.8. The third kappa shape index (κ3) is 3.29. The molecule has 0 fully saturated rings. The predicted octanol–water partition coefficient (Wildman–Crippen LogP) is 0.994. The Morgan fingerprint density at radius 3 is 2.67 bits per heavy atom. The monoisotopic (exact) mass is 308 g/mol. The number of carbonyl (C=O) groups is 2. The van der Waals surface area contributed by atoms with E-state index in [1.807, 2.05) is 0 Å². The topological polar surface area (TPSA) is 117 Å². The van der Waals surface area contributed by atoms with Gasteiger partial charge in [0.1, 0.15) is 0 Å². The Morgan fingerprint density at radius 1 is 1.38 bits per heavy atom. The number of nitrogens with one attached hydrogen (secondary N) is 2. The van der Waals surface area contributed by atoms with Gasteiger partial charge in [0.2, 0.25) is 11.8 Å². The number of hydrogen-bond acceptors (Lipinski definition) is 5. The summed E-state index contributed by atoms with van der Waals surface area (Å²) < 4.78 is 0. The number of benzene rings is 1. The second-order valence-corrected chi connectivity index (χ2v) is 4.80. The van der Waals surface area contributed by atoms with E-state index in [-0.39, 0.29) is 17.7 Å². The van der Waals surface area contributed by atoms with Crippen molar-refractivity contribution in [3.8, 4) is 0 Å². The summed E-state index contributed by atoms with van der Waals surface area (Å²) in [5.74, 6) is -0.850. The zero-order chi connectivity index (χ0) is 15.6. The minimum Gasteiger partial charge on any atom is -0.366 e. The van der Waals surface area contributed by atoms with Gasteiger partial charge in [0.25, 0.3) is 11.8 Å². The molecule has 0 unspecified atom stereocenters. The zero-order valence-electron chi connectivity index (χ0n) is 11.3. The minimum absolute atomic E-state index is 0.0391. The van der Waals surface area contributed by atoms with E-state index >= 15 is 0 Å². The molecule has 0 radical (unpaired) electrons. The molecule has 21 heavy (non-hydrogen) atoms. The van der Waals surface area contributed by atoms with Gasteiger partial charge in [-0.1, -0.05) is 11.6 Å². The summed E-state index contributed by atoms with van der Waals surface area (Å²) in [6.07, 6.45) is 0. The molecule has 1 heterocycles. The molecule has 2 rings (SSSR count). The molecule has 0 atom stereocenters. The van der Waals surface area contributed by atoms with Crippen LogP contribution in [0.4, 0.5) is 11.6 Å². The molecular weight excluding hydrogens is 296 g/mol. The van der Waals surface area contributed by atoms with E-state index in [4.69, 9.17) is 17.3 Å². The molecule has 4 N–H and O–H groups in total. The molecule has 0 bridgehead atoms. The van der Waals surface area contributed by atoms with Crippen molar-refractivity contribution < 1.29 is 9.59 Å². The fourth-order valence-electron chi connectivity index (χ4n) is 1.57. The number of H-pyrrole nitrogens is 1. The Balaban J connectivity index is 2.25. The fraction of sp³-hybridized carbons (Fsp3) is 0.167. The number of aromatic nitrogens is 3. The molecule has 0 aliphatic rings. The Hall–Kier alpha value is -2.61. The number of rotatable bonds is 3. The molecule has 1 aromatic carbocycles. The van der Waals surface area contributed by atoms with Crippen LogP contribution < -0.4 is 11.1 Å². The highest BCUT2D eigenvalue weighted by atomic mass is 35.5. The van der Waals surface area contributed by atoms with Crippen molar-refractivity contribution >= 4 is 35.1 Å². The molecule has 8 nitrogen and oxygen atoms in total. The van der Waals surface area contributed by atoms with Crippen molar-refractivity contribution in [2.24, 2.45) is 0 Å². The van der Waals surface area contributed by atoms with Gasteiger partial charge in [0, 0.05) is 19.7 Å². The van der Waals surface area contributed by atoms with Crippen LogP contribution in [0, 0.1) is 0 Å². The third-order valence-electron chi connectivity index (χ3n) is 2.59. The van der Waals surface area contributed by atoms with E-state index < -0.39 is 5.91 Å². The van der Waals surface area contributed by atoms with Crippen molar-refractivity contribution in [3.05, 3.63) is 34.6 Å². The lowest BCUT2D eigenvalue weighted by molar-refractivity contribution is 0.0827. The maximum Gasteiger partial charge on any atom is 0.293 e. The van der Waals surface area contributed by atoms with Crippen LogP contribution in [0.2, 0.25) is 5.02 Å². The van der Waals surface area contributed by atoms with Crippen molar-refractivity contribution in [1.82, 2.24) is 20.1 Å². The van der Waals surface area contributed by atoms with Crippen LogP contribution in [0.15, 0.2) is 18.2 Å². The summed E-state index contributed by atoms with van der Waals surface area (Å²) in [5.41, 5.74) is 6.02. The molecule has 0 saturated carbocycles. The van der Waals surface area contributed by atoms with Gasteiger partial charge in [-0.25, -0.2) is 0 Å². The van der Waals surface area contributed by atoms with E-state index in [9.17, 15) is 9.59 Å². The number of anilines is 2. The quantitative estimate of drug-likeness (QED) is 0.781. The minimum atomic E-state index is -0.560. The molecule has 2 aromatic rings. The first-order valence-electron chi connectivity index (χ1n) is 5.89. The summed E-state index contributed by atoms with van der Waals surface area (Å²) in [4.78, 5) is 29.0. The maximum absolute atomic E-state index is 11.9. The van der Waals surface area contributed by atoms with Gasteiger partial charge in [-0.05, 0) is 18.2 Å². The number of carbonyl (C=O) groups excluding carboxylic acids is 2. The van der Waals surface area contributed by atoms with Gasteiger partial charge in [0.15, 0.2) is 0 Å². The standard InChI is InChI=1S/C12H13ClN6O2/c1-19(2)11(21)6-3-4-7(13)8(5-6)15-10(20)9-16-12(14)18-17-9/h3-5H,1-2H3,(H,15,20)(H3,14,16,17,18). The SMILES string of the molecule is CN(C)C(=O)c1ccc(Cl)c(NC(=O)c2nc(N)n[nH]2)c1. The van der Waals surface area contributed by atoms with E-state index in [2.05, 4.69) is 20.5 Å². The average Bonchev–Trinajstić information content (AvgIpc) is 2.87. The Kier molecular flexibility index (Phi) is 4.08. The smallest absolute Gasteiger partial charge is 0.293 e. The van der Waals surface area contributed by atoms with Gasteiger partial charge in [-0.3, -0.25) is 14.7 Å². The number of nitrogen functional groups attached to an aromatic ring is 1. The molecule has 2 amide bonds. The van der Waals surface area contributed by atoms with Crippen molar-refractivity contribution in [2.45, 2.75) is 0 Å². The van der Waals surface area contributed by atoms with Crippen molar-refractivity contribution in [2.75, 3.05) is 25.1 Å². The molecule has 1 aromatic heterocycles. The van der Waals surface area contributed by atoms with Crippen LogP contribution in [-0.2, 0) is 0 Å². The fourth-order valence-corrected chi connectivity index (χ4v) is 1.73. The third-order valence-corrected chi connectivity index (χ3v) is 2.92. The molecule has 0 aliphatic carbocycles. The second-order valence-electron chi connectivity index (χ2n) is 4.39. The number of halogens is 1. The molecular formula is C12H13ClN6O2. The highest BCUT2D eigenvalue weighted by molar-refractivity contribution is 6.34. The highest BCUT2D eigenvalue weighted by Gasteiger charge is 2.15. The van der Waals surface area contributed by atoms with Gasteiger partial charge in [-0.2, -0.15) is 4.98 Å². The summed E-state index contributed by atoms with van der Waals surface area (Å²) >= 11 is 6.01. The van der Waals surface area contributed by atoms with Gasteiger partial charge >= 0.3 is 0 Å². The zero-order valence-corrected chi connectivity index (χ0v) is 12.1. The van der Waals surface area contributed by atoms with Crippen LogP contribution in [-0.4, -0.2) is 46.0 Å². The average molecular weight is 309 g/mol. The second kappa shape index (κ2) is 5.80. The van der Waals surface area contributed by atoms with Crippen LogP contribution in [0.3, 0.4) is 0 Å². The highest BCUT2D eigenvalue weighted by Crippen LogP contribution is 2.24.